The predicted octanol–water partition coefficient (Wildman–Crippen LogP) is 2.97. The van der Waals surface area contributed by atoms with Crippen LogP contribution >= 0.6 is 0 Å². The molecule has 100 valence electrons. The van der Waals surface area contributed by atoms with Gasteiger partial charge < -0.3 is 0 Å². The van der Waals surface area contributed by atoms with E-state index in [0.29, 0.717) is 0 Å². The zero-order valence-corrected chi connectivity index (χ0v) is 10.3. The number of nitrogens with two attached hydrogens (primary N) is 1. The number of rotatable bonds is 3. The molecule has 2 aromatic carbocycles. The Hall–Kier alpha value is -1.85. The van der Waals surface area contributed by atoms with Crippen LogP contribution in [0.4, 0.5) is 13.2 Å². The zero-order chi connectivity index (χ0) is 14.0. The van der Waals surface area contributed by atoms with Gasteiger partial charge in [0.2, 0.25) is 0 Å². The van der Waals surface area contributed by atoms with E-state index in [0.717, 1.165) is 23.8 Å². The van der Waals surface area contributed by atoms with Crippen molar-refractivity contribution in [2.24, 2.45) is 5.84 Å². The number of hydrogen-bond donors (Lipinski definition) is 2. The molecule has 0 radical (unpaired) electrons. The predicted molar refractivity (Wildman–Crippen MR) is 66.7 cm³/mol. The van der Waals surface area contributed by atoms with E-state index in [1.165, 1.54) is 6.07 Å². The van der Waals surface area contributed by atoms with Gasteiger partial charge in [0.05, 0.1) is 6.04 Å². The van der Waals surface area contributed by atoms with Gasteiger partial charge in [0.25, 0.3) is 0 Å². The molecule has 19 heavy (non-hydrogen) atoms. The van der Waals surface area contributed by atoms with Gasteiger partial charge in [-0.15, -0.1) is 0 Å². The van der Waals surface area contributed by atoms with Crippen molar-refractivity contribution < 1.29 is 13.2 Å². The van der Waals surface area contributed by atoms with Gasteiger partial charge in [-0.25, -0.2) is 18.6 Å². The van der Waals surface area contributed by atoms with Crippen LogP contribution in [0.2, 0.25) is 0 Å². The maximum Gasteiger partial charge on any atom is 0.128 e. The Morgan fingerprint density at radius 1 is 0.947 bits per heavy atom. The molecule has 2 aromatic rings. The van der Waals surface area contributed by atoms with Gasteiger partial charge in [-0.3, -0.25) is 5.84 Å². The Bertz CT molecular complexity index is 548. The van der Waals surface area contributed by atoms with E-state index < -0.39 is 23.5 Å². The van der Waals surface area contributed by atoms with Crippen LogP contribution in [0.1, 0.15) is 22.7 Å². The van der Waals surface area contributed by atoms with E-state index in [1.807, 2.05) is 0 Å². The number of benzene rings is 2. The molecule has 0 spiro atoms. The van der Waals surface area contributed by atoms with Gasteiger partial charge in [0, 0.05) is 11.1 Å². The molecule has 0 fully saturated rings. The van der Waals surface area contributed by atoms with Crippen LogP contribution in [-0.2, 0) is 0 Å². The van der Waals surface area contributed by atoms with Crippen molar-refractivity contribution in [1.82, 2.24) is 5.43 Å². The third-order valence-electron chi connectivity index (χ3n) is 2.90. The summed E-state index contributed by atoms with van der Waals surface area (Å²) in [6.07, 6.45) is 0. The molecule has 5 heteroatoms. The molecule has 0 bridgehead atoms. The molecule has 0 amide bonds. The van der Waals surface area contributed by atoms with Crippen LogP contribution in [-0.4, -0.2) is 0 Å². The first kappa shape index (κ1) is 13.6. The smallest absolute Gasteiger partial charge is 0.128 e. The van der Waals surface area contributed by atoms with Gasteiger partial charge in [-0.1, -0.05) is 17.7 Å². The zero-order valence-electron chi connectivity index (χ0n) is 10.3. The van der Waals surface area contributed by atoms with Crippen LogP contribution in [0.5, 0.6) is 0 Å². The lowest BCUT2D eigenvalue weighted by Crippen LogP contribution is -2.30. The fraction of sp³-hybridized carbons (Fsp3) is 0.143. The molecule has 1 unspecified atom stereocenters. The van der Waals surface area contributed by atoms with E-state index in [2.05, 4.69) is 5.43 Å². The van der Waals surface area contributed by atoms with Crippen molar-refractivity contribution in [1.29, 1.82) is 0 Å². The largest absolute Gasteiger partial charge is 0.271 e. The molecule has 1 atom stereocenters. The summed E-state index contributed by atoms with van der Waals surface area (Å²) in [5.41, 5.74) is 3.26. The second-order valence-electron chi connectivity index (χ2n) is 4.29. The second-order valence-corrected chi connectivity index (χ2v) is 4.29. The van der Waals surface area contributed by atoms with Gasteiger partial charge in [0.1, 0.15) is 17.5 Å². The monoisotopic (exact) mass is 266 g/mol. The summed E-state index contributed by atoms with van der Waals surface area (Å²) in [6, 6.07) is 6.45. The Balaban J connectivity index is 2.55. The molecule has 3 N–H and O–H groups in total. The number of halogens is 3. The minimum Gasteiger partial charge on any atom is -0.271 e. The van der Waals surface area contributed by atoms with Crippen LogP contribution < -0.4 is 11.3 Å². The molecule has 0 aliphatic heterocycles. The number of aryl methyl sites for hydroxylation is 1. The highest BCUT2D eigenvalue weighted by atomic mass is 19.1. The van der Waals surface area contributed by atoms with Gasteiger partial charge in [0.15, 0.2) is 0 Å². The molecule has 0 aliphatic rings. The summed E-state index contributed by atoms with van der Waals surface area (Å²) >= 11 is 0. The van der Waals surface area contributed by atoms with E-state index in [-0.39, 0.29) is 11.1 Å². The topological polar surface area (TPSA) is 38.0 Å². The van der Waals surface area contributed by atoms with Crippen LogP contribution in [0.25, 0.3) is 0 Å². The third-order valence-corrected chi connectivity index (χ3v) is 2.90. The Labute approximate surface area is 109 Å². The number of hydrazine groups is 1. The number of nitrogens with one attached hydrogen (secondary N) is 1. The normalized spacial score (nSPS) is 12.5. The van der Waals surface area contributed by atoms with E-state index >= 15 is 0 Å². The van der Waals surface area contributed by atoms with Gasteiger partial charge in [-0.05, 0) is 31.2 Å². The lowest BCUT2D eigenvalue weighted by Gasteiger charge is -2.18. The first-order chi connectivity index (χ1) is 9.02. The van der Waals surface area contributed by atoms with E-state index in [9.17, 15) is 13.2 Å². The molecule has 0 aromatic heterocycles. The number of hydrogen-bond acceptors (Lipinski definition) is 2. The van der Waals surface area contributed by atoms with Crippen molar-refractivity contribution in [2.45, 2.75) is 13.0 Å². The molecule has 0 saturated carbocycles. The third kappa shape index (κ3) is 2.77. The lowest BCUT2D eigenvalue weighted by molar-refractivity contribution is 0.523. The van der Waals surface area contributed by atoms with Crippen molar-refractivity contribution in [3.8, 4) is 0 Å². The van der Waals surface area contributed by atoms with Crippen molar-refractivity contribution in [3.63, 3.8) is 0 Å². The van der Waals surface area contributed by atoms with Crippen LogP contribution in [0, 0.1) is 24.4 Å². The molecule has 2 nitrogen and oxygen atoms in total. The molecule has 2 rings (SSSR count). The first-order valence-corrected chi connectivity index (χ1v) is 5.70. The second kappa shape index (κ2) is 5.42. The van der Waals surface area contributed by atoms with Gasteiger partial charge in [-0.2, -0.15) is 0 Å². The summed E-state index contributed by atoms with van der Waals surface area (Å²) in [7, 11) is 0. The standard InChI is InChI=1S/C14H13F3N2/c1-8-2-4-12(16)10(6-8)14(19-18)11-7-9(15)3-5-13(11)17/h2-7,14,19H,18H2,1H3. The Kier molecular flexibility index (Phi) is 3.87. The summed E-state index contributed by atoms with van der Waals surface area (Å²) in [5, 5.41) is 0. The van der Waals surface area contributed by atoms with Gasteiger partial charge >= 0.3 is 0 Å². The van der Waals surface area contributed by atoms with Crippen molar-refractivity contribution >= 4 is 0 Å². The minimum absolute atomic E-state index is 0.0352. The Morgan fingerprint density at radius 2 is 1.53 bits per heavy atom. The Morgan fingerprint density at radius 3 is 2.16 bits per heavy atom. The summed E-state index contributed by atoms with van der Waals surface area (Å²) < 4.78 is 40.8. The molecular formula is C14H13F3N2. The average Bonchev–Trinajstić information content (AvgIpc) is 2.38. The highest BCUT2D eigenvalue weighted by Crippen LogP contribution is 2.27. The quantitative estimate of drug-likeness (QED) is 0.662. The minimum atomic E-state index is -0.949. The fourth-order valence-corrected chi connectivity index (χ4v) is 1.97. The molecule has 0 saturated heterocycles. The lowest BCUT2D eigenvalue weighted by atomic mass is 9.97. The molecule has 0 heterocycles. The summed E-state index contributed by atoms with van der Waals surface area (Å²) in [6.45, 7) is 1.78. The van der Waals surface area contributed by atoms with E-state index in [4.69, 9.17) is 5.84 Å². The highest BCUT2D eigenvalue weighted by Gasteiger charge is 2.20. The van der Waals surface area contributed by atoms with Crippen molar-refractivity contribution in [3.05, 3.63) is 70.5 Å². The fourth-order valence-electron chi connectivity index (χ4n) is 1.97. The summed E-state index contributed by atoms with van der Waals surface area (Å²) in [5.74, 6) is 3.58. The van der Waals surface area contributed by atoms with Crippen molar-refractivity contribution in [2.75, 3.05) is 0 Å². The maximum absolute atomic E-state index is 13.8. The highest BCUT2D eigenvalue weighted by molar-refractivity contribution is 5.35. The maximum atomic E-state index is 13.8. The average molecular weight is 266 g/mol. The van der Waals surface area contributed by atoms with Crippen LogP contribution in [0.3, 0.4) is 0 Å². The van der Waals surface area contributed by atoms with Crippen LogP contribution in [0.15, 0.2) is 36.4 Å². The molecular weight excluding hydrogens is 253 g/mol. The van der Waals surface area contributed by atoms with E-state index in [1.54, 1.807) is 19.1 Å². The SMILES string of the molecule is Cc1ccc(F)c(C(NN)c2cc(F)ccc2F)c1. The molecule has 0 aliphatic carbocycles. The summed E-state index contributed by atoms with van der Waals surface area (Å²) in [4.78, 5) is 0. The first-order valence-electron chi connectivity index (χ1n) is 5.70.